The largest absolute Gasteiger partial charge is 0.335 e. The van der Waals surface area contributed by atoms with E-state index in [1.54, 1.807) is 0 Å². The second-order valence-electron chi connectivity index (χ2n) is 5.68. The molecule has 0 unspecified atom stereocenters. The lowest BCUT2D eigenvalue weighted by molar-refractivity contribution is 0.0690. The second-order valence-corrected chi connectivity index (χ2v) is 7.58. The van der Waals surface area contributed by atoms with Crippen molar-refractivity contribution in [2.45, 2.75) is 4.90 Å². The minimum atomic E-state index is -4.40. The predicted molar refractivity (Wildman–Crippen MR) is 85.8 cm³/mol. The number of nitrogens with one attached hydrogen (secondary N) is 1. The number of hydrogen-bond donors (Lipinski definition) is 1. The number of piperazine rings is 1. The van der Waals surface area contributed by atoms with Gasteiger partial charge in [0.05, 0.1) is 0 Å². The third kappa shape index (κ3) is 3.57. The molecule has 1 aliphatic heterocycles. The maximum absolute atomic E-state index is 13.8. The van der Waals surface area contributed by atoms with Gasteiger partial charge in [0.15, 0.2) is 17.5 Å². The van der Waals surface area contributed by atoms with E-state index in [1.165, 1.54) is 11.0 Å². The first kappa shape index (κ1) is 19.0. The third-order valence-electron chi connectivity index (χ3n) is 4.04. The standard InChI is InChI=1S/C15H13F3N4O4S/c16-9-1-3-11(14(18)13(9)17)27(25,26)22-7-5-21(6-8-22)15(24)10-2-4-12(23)20-19-10/h1-4H,5-8H2,(H,20,23). The molecule has 8 nitrogen and oxygen atoms in total. The van der Waals surface area contributed by atoms with E-state index in [-0.39, 0.29) is 31.9 Å². The quantitative estimate of drug-likeness (QED) is 0.746. The van der Waals surface area contributed by atoms with Crippen LogP contribution in [-0.4, -0.2) is 59.9 Å². The van der Waals surface area contributed by atoms with Crippen molar-refractivity contribution in [3.8, 4) is 0 Å². The molecule has 1 aliphatic rings. The highest BCUT2D eigenvalue weighted by molar-refractivity contribution is 7.89. The number of amides is 1. The summed E-state index contributed by atoms with van der Waals surface area (Å²) in [5.41, 5.74) is -0.492. The van der Waals surface area contributed by atoms with Crippen molar-refractivity contribution in [3.63, 3.8) is 0 Å². The molecule has 3 rings (SSSR count). The number of nitrogens with zero attached hydrogens (tertiary/aromatic N) is 3. The van der Waals surface area contributed by atoms with Crippen LogP contribution < -0.4 is 5.56 Å². The van der Waals surface area contributed by atoms with Gasteiger partial charge in [-0.05, 0) is 18.2 Å². The van der Waals surface area contributed by atoms with Gasteiger partial charge >= 0.3 is 0 Å². The number of benzene rings is 1. The molecule has 0 aliphatic carbocycles. The highest BCUT2D eigenvalue weighted by atomic mass is 32.2. The lowest BCUT2D eigenvalue weighted by Crippen LogP contribution is -2.50. The molecular weight excluding hydrogens is 389 g/mol. The second kappa shape index (κ2) is 7.12. The molecule has 1 fully saturated rings. The first-order chi connectivity index (χ1) is 12.7. The molecule has 1 saturated heterocycles. The van der Waals surface area contributed by atoms with Gasteiger partial charge in [-0.25, -0.2) is 26.7 Å². The van der Waals surface area contributed by atoms with E-state index in [9.17, 15) is 31.2 Å². The number of halogens is 3. The number of H-pyrrole nitrogens is 1. The summed E-state index contributed by atoms with van der Waals surface area (Å²) in [6, 6.07) is 3.56. The fourth-order valence-corrected chi connectivity index (χ4v) is 4.08. The van der Waals surface area contributed by atoms with Crippen LogP contribution in [-0.2, 0) is 10.0 Å². The van der Waals surface area contributed by atoms with Crippen LogP contribution in [0.25, 0.3) is 0 Å². The molecule has 0 saturated carbocycles. The Kier molecular flexibility index (Phi) is 5.02. The number of sulfonamides is 1. The smallest absolute Gasteiger partial charge is 0.274 e. The lowest BCUT2D eigenvalue weighted by atomic mass is 10.3. The van der Waals surface area contributed by atoms with E-state index >= 15 is 0 Å². The highest BCUT2D eigenvalue weighted by Gasteiger charge is 2.33. The number of aromatic amines is 1. The lowest BCUT2D eigenvalue weighted by Gasteiger charge is -2.33. The van der Waals surface area contributed by atoms with Gasteiger partial charge in [-0.1, -0.05) is 0 Å². The zero-order valence-electron chi connectivity index (χ0n) is 13.7. The van der Waals surface area contributed by atoms with Crippen molar-refractivity contribution in [1.82, 2.24) is 19.4 Å². The summed E-state index contributed by atoms with van der Waals surface area (Å²) in [5.74, 6) is -5.66. The molecule has 1 amide bonds. The Morgan fingerprint density at radius 2 is 1.67 bits per heavy atom. The molecule has 1 aromatic carbocycles. The summed E-state index contributed by atoms with van der Waals surface area (Å²) < 4.78 is 66.1. The molecule has 0 spiro atoms. The van der Waals surface area contributed by atoms with Gasteiger partial charge in [0.2, 0.25) is 10.0 Å². The summed E-state index contributed by atoms with van der Waals surface area (Å²) in [6.45, 7) is -0.389. The number of carbonyl (C=O) groups excluding carboxylic acids is 1. The highest BCUT2D eigenvalue weighted by Crippen LogP contribution is 2.24. The maximum atomic E-state index is 13.8. The maximum Gasteiger partial charge on any atom is 0.274 e. The molecule has 1 aromatic heterocycles. The van der Waals surface area contributed by atoms with Crippen molar-refractivity contribution in [3.05, 3.63) is 57.8 Å². The fourth-order valence-electron chi connectivity index (χ4n) is 2.60. The SMILES string of the molecule is O=C(c1ccc(=O)[nH]n1)N1CCN(S(=O)(=O)c2ccc(F)c(F)c2F)CC1. The summed E-state index contributed by atoms with van der Waals surface area (Å²) in [6.07, 6.45) is 0. The molecule has 0 bridgehead atoms. The molecule has 0 radical (unpaired) electrons. The Balaban J connectivity index is 1.75. The molecule has 12 heteroatoms. The van der Waals surface area contributed by atoms with Crippen LogP contribution in [0, 0.1) is 17.5 Å². The predicted octanol–water partition coefficient (Wildman–Crippen LogP) is 0.334. The topological polar surface area (TPSA) is 103 Å². The molecular formula is C15H13F3N4O4S. The van der Waals surface area contributed by atoms with Crippen LogP contribution in [0.1, 0.15) is 10.5 Å². The van der Waals surface area contributed by atoms with Crippen LogP contribution in [0.2, 0.25) is 0 Å². The molecule has 144 valence electrons. The van der Waals surface area contributed by atoms with Gasteiger partial charge in [-0.15, -0.1) is 0 Å². The van der Waals surface area contributed by atoms with E-state index in [2.05, 4.69) is 10.2 Å². The zero-order valence-corrected chi connectivity index (χ0v) is 14.5. The normalized spacial score (nSPS) is 15.7. The third-order valence-corrected chi connectivity index (χ3v) is 5.96. The van der Waals surface area contributed by atoms with Gasteiger partial charge in [-0.2, -0.15) is 9.40 Å². The summed E-state index contributed by atoms with van der Waals surface area (Å²) >= 11 is 0. The number of carbonyl (C=O) groups is 1. The minimum Gasteiger partial charge on any atom is -0.335 e. The van der Waals surface area contributed by atoms with E-state index in [4.69, 9.17) is 0 Å². The van der Waals surface area contributed by atoms with Gasteiger partial charge in [0.1, 0.15) is 10.6 Å². The Hall–Kier alpha value is -2.73. The number of aromatic nitrogens is 2. The van der Waals surface area contributed by atoms with Crippen molar-refractivity contribution in [2.24, 2.45) is 0 Å². The first-order valence-electron chi connectivity index (χ1n) is 7.70. The van der Waals surface area contributed by atoms with Gasteiger partial charge in [0, 0.05) is 32.2 Å². The molecule has 0 atom stereocenters. The Bertz CT molecular complexity index is 1030. The van der Waals surface area contributed by atoms with Crippen LogP contribution in [0.15, 0.2) is 34.0 Å². The van der Waals surface area contributed by atoms with Crippen LogP contribution in [0.3, 0.4) is 0 Å². The first-order valence-corrected chi connectivity index (χ1v) is 9.14. The van der Waals surface area contributed by atoms with Crippen LogP contribution in [0.4, 0.5) is 13.2 Å². The van der Waals surface area contributed by atoms with Crippen molar-refractivity contribution >= 4 is 15.9 Å². The summed E-state index contributed by atoms with van der Waals surface area (Å²) in [5, 5.41) is 5.73. The monoisotopic (exact) mass is 402 g/mol. The average Bonchev–Trinajstić information content (AvgIpc) is 2.66. The average molecular weight is 402 g/mol. The molecule has 2 heterocycles. The van der Waals surface area contributed by atoms with E-state index < -0.39 is 43.8 Å². The Morgan fingerprint density at radius 1 is 1.00 bits per heavy atom. The summed E-state index contributed by atoms with van der Waals surface area (Å²) in [4.78, 5) is 23.6. The fraction of sp³-hybridized carbons (Fsp3) is 0.267. The zero-order chi connectivity index (χ0) is 19.8. The summed E-state index contributed by atoms with van der Waals surface area (Å²) in [7, 11) is -4.40. The van der Waals surface area contributed by atoms with Gasteiger partial charge < -0.3 is 4.90 Å². The molecule has 27 heavy (non-hydrogen) atoms. The van der Waals surface area contributed by atoms with Crippen LogP contribution in [0.5, 0.6) is 0 Å². The van der Waals surface area contributed by atoms with E-state index in [0.717, 1.165) is 10.4 Å². The number of rotatable bonds is 3. The van der Waals surface area contributed by atoms with Gasteiger partial charge in [-0.3, -0.25) is 9.59 Å². The van der Waals surface area contributed by atoms with Crippen molar-refractivity contribution < 1.29 is 26.4 Å². The van der Waals surface area contributed by atoms with E-state index in [0.29, 0.717) is 12.1 Å². The van der Waals surface area contributed by atoms with Gasteiger partial charge in [0.25, 0.3) is 11.5 Å². The Morgan fingerprint density at radius 3 is 2.26 bits per heavy atom. The number of hydrogen-bond acceptors (Lipinski definition) is 5. The Labute approximate surface area is 151 Å². The van der Waals surface area contributed by atoms with E-state index in [1.807, 2.05) is 0 Å². The van der Waals surface area contributed by atoms with Crippen molar-refractivity contribution in [1.29, 1.82) is 0 Å². The van der Waals surface area contributed by atoms with Crippen LogP contribution >= 0.6 is 0 Å². The minimum absolute atomic E-state index is 0.0162. The molecule has 1 N–H and O–H groups in total. The van der Waals surface area contributed by atoms with Crippen molar-refractivity contribution in [2.75, 3.05) is 26.2 Å². The molecule has 2 aromatic rings.